The maximum absolute atomic E-state index is 13.4. The number of thiazole rings is 1. The van der Waals surface area contributed by atoms with Crippen LogP contribution < -0.4 is 19.8 Å². The molecule has 1 aliphatic rings. The van der Waals surface area contributed by atoms with Gasteiger partial charge in [0, 0.05) is 24.7 Å². The van der Waals surface area contributed by atoms with E-state index in [9.17, 15) is 9.59 Å². The van der Waals surface area contributed by atoms with E-state index in [-0.39, 0.29) is 5.56 Å². The third-order valence-corrected chi connectivity index (χ3v) is 6.85. The maximum atomic E-state index is 13.4. The van der Waals surface area contributed by atoms with Crippen LogP contribution in [0.25, 0.3) is 6.08 Å². The number of nitrogens with zero attached hydrogens (tertiary/aromatic N) is 3. The summed E-state index contributed by atoms with van der Waals surface area (Å²) in [6, 6.07) is 11.3. The Morgan fingerprint density at radius 2 is 1.97 bits per heavy atom. The molecule has 0 fully saturated rings. The van der Waals surface area contributed by atoms with E-state index in [1.54, 1.807) is 11.5 Å². The van der Waals surface area contributed by atoms with Crippen molar-refractivity contribution in [3.63, 3.8) is 0 Å². The molecule has 0 bridgehead atoms. The van der Waals surface area contributed by atoms with Crippen LogP contribution in [0, 0.1) is 0 Å². The van der Waals surface area contributed by atoms with Crippen LogP contribution in [-0.2, 0) is 9.53 Å². The van der Waals surface area contributed by atoms with Gasteiger partial charge in [-0.05, 0) is 42.1 Å². The molecular weight excluding hydrogens is 418 g/mol. The first-order valence-corrected chi connectivity index (χ1v) is 11.0. The first-order chi connectivity index (χ1) is 14.4. The average molecular weight is 440 g/mol. The van der Waals surface area contributed by atoms with E-state index < -0.39 is 12.0 Å². The number of carbonyl (C=O) groups excluding carboxylic acids is 1. The maximum Gasteiger partial charge on any atom is 0.338 e. The minimum atomic E-state index is -0.535. The van der Waals surface area contributed by atoms with E-state index >= 15 is 0 Å². The average Bonchev–Trinajstić information content (AvgIpc) is 3.36. The Morgan fingerprint density at radius 1 is 1.23 bits per heavy atom. The first-order valence-electron chi connectivity index (χ1n) is 9.32. The SMILES string of the molecule is COC(=O)C1=C(C)N=c2sc(=Cc3ccc(N(C)C)cc3)c(=O)n2C1c1cccs1. The lowest BCUT2D eigenvalue weighted by atomic mass is 10.0. The van der Waals surface area contributed by atoms with Crippen molar-refractivity contribution in [2.75, 3.05) is 26.1 Å². The van der Waals surface area contributed by atoms with Gasteiger partial charge in [0.25, 0.3) is 5.56 Å². The predicted molar refractivity (Wildman–Crippen MR) is 121 cm³/mol. The smallest absolute Gasteiger partial charge is 0.338 e. The quantitative estimate of drug-likeness (QED) is 0.586. The molecule has 0 spiro atoms. The number of aromatic nitrogens is 1. The number of methoxy groups -OCH3 is 1. The first kappa shape index (κ1) is 20.3. The molecule has 0 amide bonds. The highest BCUT2D eigenvalue weighted by molar-refractivity contribution is 7.10. The molecule has 1 aromatic carbocycles. The molecule has 2 aromatic heterocycles. The summed E-state index contributed by atoms with van der Waals surface area (Å²) in [6.07, 6.45) is 1.87. The fourth-order valence-electron chi connectivity index (χ4n) is 3.43. The Bertz CT molecular complexity index is 1300. The van der Waals surface area contributed by atoms with Crippen molar-refractivity contribution in [1.29, 1.82) is 0 Å². The number of rotatable bonds is 4. The number of anilines is 1. The fraction of sp³-hybridized carbons (Fsp3) is 0.227. The summed E-state index contributed by atoms with van der Waals surface area (Å²) in [7, 11) is 5.31. The molecule has 8 heteroatoms. The standard InChI is InChI=1S/C22H21N3O3S2/c1-13-18(21(27)28-4)19(16-6-5-11-29-16)25-20(26)17(30-22(25)23-13)12-14-7-9-15(10-8-14)24(2)3/h5-12,19H,1-4H3. The molecule has 3 heterocycles. The number of fused-ring (bicyclic) bond motifs is 1. The van der Waals surface area contributed by atoms with E-state index in [0.717, 1.165) is 16.1 Å². The lowest BCUT2D eigenvalue weighted by Gasteiger charge is -2.22. The van der Waals surface area contributed by atoms with Crippen molar-refractivity contribution < 1.29 is 9.53 Å². The van der Waals surface area contributed by atoms with Crippen LogP contribution >= 0.6 is 22.7 Å². The fourth-order valence-corrected chi connectivity index (χ4v) is 5.30. The molecule has 0 saturated carbocycles. The summed E-state index contributed by atoms with van der Waals surface area (Å²) in [4.78, 5) is 34.0. The number of thiophene rings is 1. The predicted octanol–water partition coefficient (Wildman–Crippen LogP) is 2.54. The lowest BCUT2D eigenvalue weighted by molar-refractivity contribution is -0.136. The van der Waals surface area contributed by atoms with Gasteiger partial charge in [0.05, 0.1) is 22.9 Å². The second-order valence-electron chi connectivity index (χ2n) is 7.07. The van der Waals surface area contributed by atoms with Gasteiger partial charge in [-0.25, -0.2) is 9.79 Å². The Labute approximate surface area is 181 Å². The number of benzene rings is 1. The molecule has 6 nitrogen and oxygen atoms in total. The highest BCUT2D eigenvalue weighted by Crippen LogP contribution is 2.32. The Hall–Kier alpha value is -2.97. The molecule has 1 unspecified atom stereocenters. The van der Waals surface area contributed by atoms with Crippen molar-refractivity contribution in [2.24, 2.45) is 4.99 Å². The minimum absolute atomic E-state index is 0.164. The van der Waals surface area contributed by atoms with Crippen molar-refractivity contribution in [3.8, 4) is 0 Å². The summed E-state index contributed by atoms with van der Waals surface area (Å²) in [6.45, 7) is 1.78. The number of ether oxygens (including phenoxy) is 1. The van der Waals surface area contributed by atoms with Gasteiger partial charge in [-0.2, -0.15) is 0 Å². The minimum Gasteiger partial charge on any atom is -0.466 e. The van der Waals surface area contributed by atoms with Crippen molar-refractivity contribution in [2.45, 2.75) is 13.0 Å². The van der Waals surface area contributed by atoms with Crippen LogP contribution in [-0.4, -0.2) is 31.7 Å². The van der Waals surface area contributed by atoms with E-state index in [1.165, 1.54) is 29.8 Å². The number of allylic oxidation sites excluding steroid dienone is 1. The van der Waals surface area contributed by atoms with Crippen molar-refractivity contribution >= 4 is 40.4 Å². The highest BCUT2D eigenvalue weighted by atomic mass is 32.1. The van der Waals surface area contributed by atoms with Crippen LogP contribution in [0.15, 0.2) is 62.8 Å². The Kier molecular flexibility index (Phi) is 5.44. The zero-order valence-electron chi connectivity index (χ0n) is 17.1. The van der Waals surface area contributed by atoms with Gasteiger partial charge >= 0.3 is 5.97 Å². The molecule has 4 rings (SSSR count). The van der Waals surface area contributed by atoms with Crippen molar-refractivity contribution in [1.82, 2.24) is 4.57 Å². The van der Waals surface area contributed by atoms with E-state index in [1.807, 2.05) is 66.8 Å². The molecule has 3 aromatic rings. The summed E-state index contributed by atoms with van der Waals surface area (Å²) in [5.41, 5.74) is 2.83. The number of carbonyl (C=O) groups is 1. The molecule has 1 aliphatic heterocycles. The lowest BCUT2D eigenvalue weighted by Crippen LogP contribution is -2.39. The van der Waals surface area contributed by atoms with Crippen LogP contribution in [0.3, 0.4) is 0 Å². The second-order valence-corrected chi connectivity index (χ2v) is 9.06. The molecule has 154 valence electrons. The molecule has 1 atom stereocenters. The van der Waals surface area contributed by atoms with Gasteiger partial charge in [0.2, 0.25) is 0 Å². The van der Waals surface area contributed by atoms with Crippen LogP contribution in [0.4, 0.5) is 5.69 Å². The van der Waals surface area contributed by atoms with E-state index in [4.69, 9.17) is 4.74 Å². The monoisotopic (exact) mass is 439 g/mol. The van der Waals surface area contributed by atoms with Gasteiger partial charge < -0.3 is 9.64 Å². The van der Waals surface area contributed by atoms with Gasteiger partial charge in [-0.3, -0.25) is 9.36 Å². The van der Waals surface area contributed by atoms with E-state index in [0.29, 0.717) is 20.6 Å². The summed E-state index contributed by atoms with van der Waals surface area (Å²) < 4.78 is 7.18. The number of hydrogen-bond donors (Lipinski definition) is 0. The molecule has 0 radical (unpaired) electrons. The third-order valence-electron chi connectivity index (χ3n) is 4.95. The van der Waals surface area contributed by atoms with Crippen molar-refractivity contribution in [3.05, 3.63) is 83.2 Å². The third kappa shape index (κ3) is 3.53. The van der Waals surface area contributed by atoms with Crippen LogP contribution in [0.1, 0.15) is 23.4 Å². The second kappa shape index (κ2) is 8.04. The molecule has 0 N–H and O–H groups in total. The largest absolute Gasteiger partial charge is 0.466 e. The normalized spacial score (nSPS) is 16.3. The number of hydrogen-bond acceptors (Lipinski definition) is 7. The summed E-state index contributed by atoms with van der Waals surface area (Å²) in [5, 5.41) is 1.93. The van der Waals surface area contributed by atoms with Crippen LogP contribution in [0.2, 0.25) is 0 Å². The Morgan fingerprint density at radius 3 is 2.57 bits per heavy atom. The molecule has 30 heavy (non-hydrogen) atoms. The van der Waals surface area contributed by atoms with Gasteiger partial charge in [0.1, 0.15) is 6.04 Å². The van der Waals surface area contributed by atoms with Gasteiger partial charge in [-0.1, -0.05) is 29.5 Å². The summed E-state index contributed by atoms with van der Waals surface area (Å²) >= 11 is 2.83. The van der Waals surface area contributed by atoms with Gasteiger partial charge in [-0.15, -0.1) is 11.3 Å². The Balaban J connectivity index is 1.89. The topological polar surface area (TPSA) is 63.9 Å². The van der Waals surface area contributed by atoms with Gasteiger partial charge in [0.15, 0.2) is 4.80 Å². The molecular formula is C22H21N3O3S2. The van der Waals surface area contributed by atoms with Crippen LogP contribution in [0.5, 0.6) is 0 Å². The molecule has 0 aliphatic carbocycles. The zero-order chi connectivity index (χ0) is 21.4. The zero-order valence-corrected chi connectivity index (χ0v) is 18.7. The summed E-state index contributed by atoms with van der Waals surface area (Å²) in [5.74, 6) is -0.469. The number of esters is 1. The highest BCUT2D eigenvalue weighted by Gasteiger charge is 2.33. The molecule has 0 saturated heterocycles. The van der Waals surface area contributed by atoms with E-state index in [2.05, 4.69) is 4.99 Å².